The number of amides is 1. The van der Waals surface area contributed by atoms with Crippen molar-refractivity contribution in [2.24, 2.45) is 10.2 Å². The number of hydrogen-bond donors (Lipinski definition) is 4. The number of ether oxygens (including phenoxy) is 1. The molecular formula is C29H26N6O8S. The van der Waals surface area contributed by atoms with E-state index in [-0.39, 0.29) is 22.9 Å². The molecule has 0 unspecified atom stereocenters. The molecule has 44 heavy (non-hydrogen) atoms. The number of nitrogens with one attached hydrogen (secondary N) is 2. The molecule has 14 nitrogen and oxygen atoms in total. The maximum Gasteiger partial charge on any atom is 0.362 e. The number of hydrogen-bond acceptors (Lipinski definition) is 10. The molecule has 0 fully saturated rings. The third kappa shape index (κ3) is 7.03. The second-order valence-corrected chi connectivity index (χ2v) is 10.6. The summed E-state index contributed by atoms with van der Waals surface area (Å²) >= 11 is 0. The van der Waals surface area contributed by atoms with Crippen LogP contribution in [0.5, 0.6) is 0 Å². The fourth-order valence-electron chi connectivity index (χ4n) is 4.04. The van der Waals surface area contributed by atoms with Crippen molar-refractivity contribution in [1.82, 2.24) is 9.78 Å². The Morgan fingerprint density at radius 1 is 0.977 bits per heavy atom. The second-order valence-electron chi connectivity index (χ2n) is 9.08. The number of Topliss-reactive ketones (excluding diaryl/α,β-unsaturated/α-hetero) is 1. The van der Waals surface area contributed by atoms with Crippen LogP contribution in [0.2, 0.25) is 0 Å². The highest BCUT2D eigenvalue weighted by molar-refractivity contribution is 7.89. The van der Waals surface area contributed by atoms with E-state index in [0.717, 1.165) is 6.92 Å². The second kappa shape index (κ2) is 13.1. The van der Waals surface area contributed by atoms with Crippen molar-refractivity contribution in [3.8, 4) is 16.9 Å². The Balaban J connectivity index is 1.80. The zero-order valence-corrected chi connectivity index (χ0v) is 24.2. The number of nitrogens with zero attached hydrogens (tertiary/aromatic N) is 3. The van der Waals surface area contributed by atoms with Gasteiger partial charge in [-0.05, 0) is 49.4 Å². The Kier molecular flexibility index (Phi) is 9.31. The first-order valence-electron chi connectivity index (χ1n) is 12.9. The SMILES string of the molecule is CCOC(=O)/C(=N/Nc1cccc(-n2nc(C(=O)Nc3ccc(S(N)(=O)=O)cc3)c(C(=O)O)c2-c2ccccc2)c1)C(C)=O. The lowest BCUT2D eigenvalue weighted by molar-refractivity contribution is -0.135. The molecule has 0 saturated heterocycles. The maximum absolute atomic E-state index is 13.4. The van der Waals surface area contributed by atoms with E-state index in [9.17, 15) is 32.7 Å². The fraction of sp³-hybridized carbons (Fsp3) is 0.103. The van der Waals surface area contributed by atoms with Gasteiger partial charge in [0.2, 0.25) is 15.7 Å². The van der Waals surface area contributed by atoms with Crippen molar-refractivity contribution in [2.75, 3.05) is 17.3 Å². The van der Waals surface area contributed by atoms with Crippen LogP contribution in [-0.2, 0) is 24.3 Å². The molecule has 0 bridgehead atoms. The van der Waals surface area contributed by atoms with Crippen LogP contribution in [0.1, 0.15) is 34.7 Å². The number of carbonyl (C=O) groups is 4. The lowest BCUT2D eigenvalue weighted by Gasteiger charge is -2.10. The molecule has 0 atom stereocenters. The van der Waals surface area contributed by atoms with Gasteiger partial charge in [-0.15, -0.1) is 0 Å². The molecule has 0 aliphatic heterocycles. The van der Waals surface area contributed by atoms with Gasteiger partial charge in [-0.2, -0.15) is 10.2 Å². The van der Waals surface area contributed by atoms with Crippen LogP contribution >= 0.6 is 0 Å². The number of benzene rings is 3. The summed E-state index contributed by atoms with van der Waals surface area (Å²) in [5, 5.41) is 26.1. The van der Waals surface area contributed by atoms with Crippen molar-refractivity contribution >= 4 is 50.7 Å². The minimum atomic E-state index is -3.96. The number of nitrogens with two attached hydrogens (primary N) is 1. The quantitative estimate of drug-likeness (QED) is 0.0834. The highest BCUT2D eigenvalue weighted by Gasteiger charge is 2.30. The summed E-state index contributed by atoms with van der Waals surface area (Å²) in [6.45, 7) is 2.80. The summed E-state index contributed by atoms with van der Waals surface area (Å²) in [5.41, 5.74) is 2.66. The van der Waals surface area contributed by atoms with E-state index >= 15 is 0 Å². The van der Waals surface area contributed by atoms with Crippen LogP contribution in [-0.4, -0.2) is 59.3 Å². The molecule has 226 valence electrons. The van der Waals surface area contributed by atoms with Gasteiger partial charge in [0.05, 0.1) is 28.6 Å². The van der Waals surface area contributed by atoms with Gasteiger partial charge in [-0.25, -0.2) is 27.8 Å². The average Bonchev–Trinajstić information content (AvgIpc) is 3.39. The fourth-order valence-corrected chi connectivity index (χ4v) is 4.56. The van der Waals surface area contributed by atoms with Crippen molar-refractivity contribution in [2.45, 2.75) is 18.7 Å². The predicted molar refractivity (Wildman–Crippen MR) is 160 cm³/mol. The van der Waals surface area contributed by atoms with E-state index in [4.69, 9.17) is 9.88 Å². The van der Waals surface area contributed by atoms with Gasteiger partial charge in [0.25, 0.3) is 5.91 Å². The smallest absolute Gasteiger partial charge is 0.362 e. The third-order valence-corrected chi connectivity index (χ3v) is 6.92. The van der Waals surface area contributed by atoms with Crippen LogP contribution in [0, 0.1) is 0 Å². The lowest BCUT2D eigenvalue weighted by Crippen LogP contribution is -2.25. The van der Waals surface area contributed by atoms with Gasteiger partial charge in [-0.1, -0.05) is 36.4 Å². The van der Waals surface area contributed by atoms with Crippen LogP contribution in [0.15, 0.2) is 88.9 Å². The van der Waals surface area contributed by atoms with Gasteiger partial charge >= 0.3 is 11.9 Å². The summed E-state index contributed by atoms with van der Waals surface area (Å²) < 4.78 is 29.3. The number of aromatic nitrogens is 2. The number of hydrazone groups is 1. The molecule has 4 aromatic rings. The molecule has 0 spiro atoms. The molecule has 1 heterocycles. The number of anilines is 2. The van der Waals surface area contributed by atoms with E-state index in [2.05, 4.69) is 20.9 Å². The Labute approximate surface area is 251 Å². The number of primary sulfonamides is 1. The molecule has 1 aromatic heterocycles. The summed E-state index contributed by atoms with van der Waals surface area (Å²) in [7, 11) is -3.96. The Morgan fingerprint density at radius 2 is 1.66 bits per heavy atom. The Morgan fingerprint density at radius 3 is 2.25 bits per heavy atom. The zero-order valence-electron chi connectivity index (χ0n) is 23.3. The van der Waals surface area contributed by atoms with Gasteiger partial charge in [-0.3, -0.25) is 15.0 Å². The number of aromatic carboxylic acids is 1. The first-order valence-corrected chi connectivity index (χ1v) is 14.4. The number of ketones is 1. The minimum absolute atomic E-state index is 0.0465. The van der Waals surface area contributed by atoms with Crippen molar-refractivity contribution in [3.63, 3.8) is 0 Å². The zero-order chi connectivity index (χ0) is 32.0. The van der Waals surface area contributed by atoms with Crippen LogP contribution in [0.25, 0.3) is 16.9 Å². The Bertz CT molecular complexity index is 1880. The number of carboxylic acids is 1. The van der Waals surface area contributed by atoms with Crippen molar-refractivity contribution in [1.29, 1.82) is 0 Å². The summed E-state index contributed by atoms with van der Waals surface area (Å²) in [4.78, 5) is 49.8. The highest BCUT2D eigenvalue weighted by atomic mass is 32.2. The molecule has 15 heteroatoms. The first kappa shape index (κ1) is 31.3. The van der Waals surface area contributed by atoms with Crippen LogP contribution in [0.3, 0.4) is 0 Å². The molecule has 0 saturated carbocycles. The molecule has 3 aromatic carbocycles. The molecular weight excluding hydrogens is 592 g/mol. The van der Waals surface area contributed by atoms with E-state index in [0.29, 0.717) is 16.9 Å². The van der Waals surface area contributed by atoms with E-state index in [1.807, 2.05) is 0 Å². The largest absolute Gasteiger partial charge is 0.478 e. The summed E-state index contributed by atoms with van der Waals surface area (Å²) in [5.74, 6) is -3.82. The third-order valence-electron chi connectivity index (χ3n) is 5.99. The maximum atomic E-state index is 13.4. The normalized spacial score (nSPS) is 11.5. The first-order chi connectivity index (χ1) is 20.9. The molecule has 0 aliphatic carbocycles. The summed E-state index contributed by atoms with van der Waals surface area (Å²) in [6, 6.07) is 19.7. The standard InChI is InChI=1S/C29H26N6O8S/c1-3-43-29(40)24(17(2)36)33-32-20-10-7-11-21(16-20)35-26(18-8-5-4-6-9-18)23(28(38)39)25(34-35)27(37)31-19-12-14-22(15-13-19)44(30,41)42/h4-16,32H,3H2,1-2H3,(H,31,37)(H,38,39)(H2,30,41,42)/b33-24+. The summed E-state index contributed by atoms with van der Waals surface area (Å²) in [6.07, 6.45) is 0. The highest BCUT2D eigenvalue weighted by Crippen LogP contribution is 2.31. The van der Waals surface area contributed by atoms with E-state index in [1.165, 1.54) is 35.0 Å². The molecule has 1 amide bonds. The lowest BCUT2D eigenvalue weighted by atomic mass is 10.0. The van der Waals surface area contributed by atoms with Crippen LogP contribution in [0.4, 0.5) is 11.4 Å². The molecule has 0 aliphatic rings. The van der Waals surface area contributed by atoms with Gasteiger partial charge in [0.15, 0.2) is 11.5 Å². The number of sulfonamides is 1. The topological polar surface area (TPSA) is 212 Å². The predicted octanol–water partition coefficient (Wildman–Crippen LogP) is 3.06. The van der Waals surface area contributed by atoms with Crippen molar-refractivity contribution in [3.05, 3.63) is 90.1 Å². The monoisotopic (exact) mass is 618 g/mol. The van der Waals surface area contributed by atoms with Gasteiger partial charge < -0.3 is 15.2 Å². The van der Waals surface area contributed by atoms with Crippen LogP contribution < -0.4 is 15.9 Å². The van der Waals surface area contributed by atoms with E-state index < -0.39 is 50.6 Å². The number of rotatable bonds is 11. The molecule has 5 N–H and O–H groups in total. The molecule has 0 radical (unpaired) electrons. The average molecular weight is 619 g/mol. The van der Waals surface area contributed by atoms with Crippen molar-refractivity contribution < 1.29 is 37.4 Å². The van der Waals surface area contributed by atoms with E-state index in [1.54, 1.807) is 55.5 Å². The number of carbonyl (C=O) groups excluding carboxylic acids is 3. The number of esters is 1. The van der Waals surface area contributed by atoms with Gasteiger partial charge in [0.1, 0.15) is 5.56 Å². The molecule has 4 rings (SSSR count). The Hall–Kier alpha value is -5.67. The number of carboxylic acid groups (broad SMARTS) is 1. The van der Waals surface area contributed by atoms with Gasteiger partial charge in [0, 0.05) is 18.2 Å². The minimum Gasteiger partial charge on any atom is -0.478 e.